The minimum atomic E-state index is -0.269. The third kappa shape index (κ3) is 3.55. The molecule has 0 aliphatic carbocycles. The molecule has 2 fully saturated rings. The lowest BCUT2D eigenvalue weighted by atomic mass is 10.3. The van der Waals surface area contributed by atoms with Gasteiger partial charge in [0.1, 0.15) is 5.82 Å². The Hall–Kier alpha value is -2.48. The SMILES string of the molecule is CN1CCN(c2ccnc(N3CCN(c4ncccc4F)CC3)n2)CC1. The fraction of sp³-hybridized carbons (Fsp3) is 0.500. The van der Waals surface area contributed by atoms with Crippen molar-refractivity contribution in [3.63, 3.8) is 0 Å². The molecule has 138 valence electrons. The molecule has 2 aliphatic rings. The van der Waals surface area contributed by atoms with Crippen LogP contribution in [-0.4, -0.2) is 79.3 Å². The van der Waals surface area contributed by atoms with Crippen LogP contribution in [0.5, 0.6) is 0 Å². The highest BCUT2D eigenvalue weighted by Gasteiger charge is 2.23. The smallest absolute Gasteiger partial charge is 0.227 e. The summed E-state index contributed by atoms with van der Waals surface area (Å²) < 4.78 is 13.9. The van der Waals surface area contributed by atoms with Gasteiger partial charge in [0.05, 0.1) is 0 Å². The average molecular weight is 357 g/mol. The van der Waals surface area contributed by atoms with Gasteiger partial charge in [0, 0.05) is 64.8 Å². The number of likely N-dealkylation sites (N-methyl/N-ethyl adjacent to an activating group) is 1. The lowest BCUT2D eigenvalue weighted by Gasteiger charge is -2.36. The maximum atomic E-state index is 13.9. The Morgan fingerprint density at radius 2 is 1.50 bits per heavy atom. The van der Waals surface area contributed by atoms with Gasteiger partial charge >= 0.3 is 0 Å². The summed E-state index contributed by atoms with van der Waals surface area (Å²) in [6.45, 7) is 6.98. The van der Waals surface area contributed by atoms with Gasteiger partial charge in [0.25, 0.3) is 0 Å². The second-order valence-electron chi connectivity index (χ2n) is 6.79. The van der Waals surface area contributed by atoms with E-state index in [2.05, 4.69) is 31.7 Å². The molecule has 2 saturated heterocycles. The summed E-state index contributed by atoms with van der Waals surface area (Å²) in [6.07, 6.45) is 3.47. The van der Waals surface area contributed by atoms with Gasteiger partial charge in [-0.3, -0.25) is 0 Å². The van der Waals surface area contributed by atoms with Crippen LogP contribution < -0.4 is 14.7 Å². The third-order valence-corrected chi connectivity index (χ3v) is 5.06. The Morgan fingerprint density at radius 1 is 0.808 bits per heavy atom. The first-order chi connectivity index (χ1) is 12.7. The molecular weight excluding hydrogens is 333 g/mol. The van der Waals surface area contributed by atoms with Crippen LogP contribution in [0.2, 0.25) is 0 Å². The predicted octanol–water partition coefficient (Wildman–Crippen LogP) is 1.09. The van der Waals surface area contributed by atoms with E-state index in [1.165, 1.54) is 6.07 Å². The molecule has 2 aliphatic heterocycles. The fourth-order valence-corrected chi connectivity index (χ4v) is 3.43. The number of aromatic nitrogens is 3. The van der Waals surface area contributed by atoms with E-state index in [-0.39, 0.29) is 5.82 Å². The van der Waals surface area contributed by atoms with Crippen molar-refractivity contribution in [2.24, 2.45) is 0 Å². The summed E-state index contributed by atoms with van der Waals surface area (Å²) in [5.74, 6) is 1.90. The van der Waals surface area contributed by atoms with Crippen LogP contribution in [-0.2, 0) is 0 Å². The summed E-state index contributed by atoms with van der Waals surface area (Å²) in [4.78, 5) is 22.2. The van der Waals surface area contributed by atoms with Crippen LogP contribution >= 0.6 is 0 Å². The average Bonchev–Trinajstić information content (AvgIpc) is 2.69. The van der Waals surface area contributed by atoms with Crippen molar-refractivity contribution in [2.75, 3.05) is 74.1 Å². The molecule has 0 unspecified atom stereocenters. The maximum absolute atomic E-state index is 13.9. The molecule has 0 spiro atoms. The molecule has 0 saturated carbocycles. The van der Waals surface area contributed by atoms with Gasteiger partial charge in [-0.25, -0.2) is 14.4 Å². The van der Waals surface area contributed by atoms with Gasteiger partial charge in [-0.2, -0.15) is 4.98 Å². The van der Waals surface area contributed by atoms with E-state index in [0.29, 0.717) is 18.9 Å². The number of halogens is 1. The Labute approximate surface area is 153 Å². The van der Waals surface area contributed by atoms with E-state index in [1.807, 2.05) is 17.2 Å². The first-order valence-electron chi connectivity index (χ1n) is 9.08. The molecule has 0 aromatic carbocycles. The lowest BCUT2D eigenvalue weighted by Crippen LogP contribution is -2.48. The zero-order chi connectivity index (χ0) is 17.9. The van der Waals surface area contributed by atoms with Crippen molar-refractivity contribution in [3.05, 3.63) is 36.4 Å². The minimum absolute atomic E-state index is 0.269. The molecular formula is C18H24FN7. The van der Waals surface area contributed by atoms with Crippen molar-refractivity contribution in [1.82, 2.24) is 19.9 Å². The van der Waals surface area contributed by atoms with Gasteiger partial charge in [-0.15, -0.1) is 0 Å². The van der Waals surface area contributed by atoms with Gasteiger partial charge in [0.15, 0.2) is 11.6 Å². The quantitative estimate of drug-likeness (QED) is 0.815. The fourth-order valence-electron chi connectivity index (χ4n) is 3.43. The van der Waals surface area contributed by atoms with E-state index < -0.39 is 0 Å². The standard InChI is InChI=1S/C18H24FN7/c1-23-7-9-24(10-8-23)16-4-6-21-18(22-16)26-13-11-25(12-14-26)17-15(19)3-2-5-20-17/h2-6H,7-14H2,1H3. The van der Waals surface area contributed by atoms with E-state index in [0.717, 1.165) is 51.0 Å². The monoisotopic (exact) mass is 357 g/mol. The van der Waals surface area contributed by atoms with Gasteiger partial charge < -0.3 is 19.6 Å². The number of rotatable bonds is 3. The normalized spacial score (nSPS) is 19.1. The molecule has 2 aromatic rings. The molecule has 0 bridgehead atoms. The number of nitrogens with zero attached hydrogens (tertiary/aromatic N) is 7. The molecule has 0 N–H and O–H groups in total. The number of pyridine rings is 1. The molecule has 7 nitrogen and oxygen atoms in total. The highest BCUT2D eigenvalue weighted by atomic mass is 19.1. The van der Waals surface area contributed by atoms with Gasteiger partial charge in [0.2, 0.25) is 5.95 Å². The maximum Gasteiger partial charge on any atom is 0.227 e. The summed E-state index contributed by atoms with van der Waals surface area (Å²) in [5.41, 5.74) is 0. The molecule has 26 heavy (non-hydrogen) atoms. The summed E-state index contributed by atoms with van der Waals surface area (Å²) in [6, 6.07) is 5.05. The number of hydrogen-bond acceptors (Lipinski definition) is 7. The van der Waals surface area contributed by atoms with Crippen LogP contribution in [0.4, 0.5) is 22.0 Å². The van der Waals surface area contributed by atoms with Gasteiger partial charge in [-0.1, -0.05) is 0 Å². The van der Waals surface area contributed by atoms with Crippen molar-refractivity contribution in [1.29, 1.82) is 0 Å². The molecule has 4 rings (SSSR count). The Balaban J connectivity index is 1.42. The topological polar surface area (TPSA) is 51.6 Å². The molecule has 0 radical (unpaired) electrons. The highest BCUT2D eigenvalue weighted by molar-refractivity contribution is 5.47. The van der Waals surface area contributed by atoms with Crippen LogP contribution in [0.3, 0.4) is 0 Å². The van der Waals surface area contributed by atoms with Crippen molar-refractivity contribution < 1.29 is 4.39 Å². The summed E-state index contributed by atoms with van der Waals surface area (Å²) in [7, 11) is 2.15. The molecule has 0 atom stereocenters. The zero-order valence-corrected chi connectivity index (χ0v) is 15.1. The van der Waals surface area contributed by atoms with Crippen LogP contribution in [0.15, 0.2) is 30.6 Å². The summed E-state index contributed by atoms with van der Waals surface area (Å²) >= 11 is 0. The van der Waals surface area contributed by atoms with E-state index in [9.17, 15) is 4.39 Å². The number of piperazine rings is 2. The van der Waals surface area contributed by atoms with Crippen molar-refractivity contribution in [3.8, 4) is 0 Å². The second kappa shape index (κ2) is 7.41. The first kappa shape index (κ1) is 17.0. The Kier molecular flexibility index (Phi) is 4.83. The first-order valence-corrected chi connectivity index (χ1v) is 9.08. The molecule has 4 heterocycles. The van der Waals surface area contributed by atoms with Crippen LogP contribution in [0.1, 0.15) is 0 Å². The third-order valence-electron chi connectivity index (χ3n) is 5.06. The van der Waals surface area contributed by atoms with Gasteiger partial charge in [-0.05, 0) is 25.2 Å². The van der Waals surface area contributed by atoms with Crippen LogP contribution in [0, 0.1) is 5.82 Å². The molecule has 8 heteroatoms. The minimum Gasteiger partial charge on any atom is -0.354 e. The largest absolute Gasteiger partial charge is 0.354 e. The van der Waals surface area contributed by atoms with Crippen molar-refractivity contribution in [2.45, 2.75) is 0 Å². The molecule has 0 amide bonds. The molecule has 2 aromatic heterocycles. The highest BCUT2D eigenvalue weighted by Crippen LogP contribution is 2.21. The number of anilines is 3. The second-order valence-corrected chi connectivity index (χ2v) is 6.79. The number of hydrogen-bond donors (Lipinski definition) is 0. The van der Waals surface area contributed by atoms with Crippen LogP contribution in [0.25, 0.3) is 0 Å². The van der Waals surface area contributed by atoms with E-state index >= 15 is 0 Å². The lowest BCUT2D eigenvalue weighted by molar-refractivity contribution is 0.312. The van der Waals surface area contributed by atoms with E-state index in [4.69, 9.17) is 4.98 Å². The predicted molar refractivity (Wildman–Crippen MR) is 100 cm³/mol. The van der Waals surface area contributed by atoms with E-state index in [1.54, 1.807) is 12.3 Å². The van der Waals surface area contributed by atoms with Crippen molar-refractivity contribution >= 4 is 17.6 Å². The summed E-state index contributed by atoms with van der Waals surface area (Å²) in [5, 5.41) is 0. The Morgan fingerprint density at radius 3 is 2.23 bits per heavy atom. The Bertz CT molecular complexity index is 740. The zero-order valence-electron chi connectivity index (χ0n) is 15.1.